The average Bonchev–Trinajstić information content (AvgIpc) is 3.09. The largest absolute Gasteiger partial charge is 0.493 e. The molecule has 0 bridgehead atoms. The van der Waals surface area contributed by atoms with Gasteiger partial charge in [-0.15, -0.1) is 0 Å². The Morgan fingerprint density at radius 2 is 1.79 bits per heavy atom. The SMILES string of the molecule is COc1cc2c(c(OC)c1OC)-c1ccc(NC[C@H](CC(=O)O)CC(C)C)c(=O)cc1[C@@H](NC(C)=O)CC2. The van der Waals surface area contributed by atoms with E-state index >= 15 is 0 Å². The lowest BCUT2D eigenvalue weighted by Crippen LogP contribution is -2.26. The zero-order valence-electron chi connectivity index (χ0n) is 23.0. The van der Waals surface area contributed by atoms with Gasteiger partial charge < -0.3 is 30.0 Å². The van der Waals surface area contributed by atoms with E-state index in [2.05, 4.69) is 10.6 Å². The number of methoxy groups -OCH3 is 3. The molecule has 0 radical (unpaired) electrons. The quantitative estimate of drug-likeness (QED) is 0.393. The molecular weight excluding hydrogens is 488 g/mol. The minimum Gasteiger partial charge on any atom is -0.493 e. The van der Waals surface area contributed by atoms with E-state index in [9.17, 15) is 19.5 Å². The minimum atomic E-state index is -0.864. The van der Waals surface area contributed by atoms with Crippen molar-refractivity contribution in [1.29, 1.82) is 0 Å². The average molecular weight is 527 g/mol. The van der Waals surface area contributed by atoms with Crippen LogP contribution in [0.5, 0.6) is 17.2 Å². The van der Waals surface area contributed by atoms with Crippen molar-refractivity contribution < 1.29 is 28.9 Å². The molecule has 1 amide bonds. The Morgan fingerprint density at radius 3 is 2.37 bits per heavy atom. The highest BCUT2D eigenvalue weighted by Crippen LogP contribution is 2.50. The predicted molar refractivity (Wildman–Crippen MR) is 146 cm³/mol. The number of rotatable bonds is 11. The van der Waals surface area contributed by atoms with Gasteiger partial charge in [-0.1, -0.05) is 19.9 Å². The lowest BCUT2D eigenvalue weighted by molar-refractivity contribution is -0.138. The number of nitrogens with one attached hydrogen (secondary N) is 2. The van der Waals surface area contributed by atoms with Gasteiger partial charge in [0.05, 0.1) is 33.1 Å². The van der Waals surface area contributed by atoms with Gasteiger partial charge in [-0.3, -0.25) is 14.4 Å². The molecule has 0 aromatic heterocycles. The summed E-state index contributed by atoms with van der Waals surface area (Å²) in [4.78, 5) is 36.9. The second-order valence-corrected chi connectivity index (χ2v) is 10.1. The predicted octanol–water partition coefficient (Wildman–Crippen LogP) is 4.41. The fraction of sp³-hybridized carbons (Fsp3) is 0.483. The van der Waals surface area contributed by atoms with Crippen molar-refractivity contribution in [3.63, 3.8) is 0 Å². The molecule has 1 aliphatic carbocycles. The first kappa shape index (κ1) is 28.8. The molecule has 3 rings (SSSR count). The summed E-state index contributed by atoms with van der Waals surface area (Å²) >= 11 is 0. The second-order valence-electron chi connectivity index (χ2n) is 10.1. The lowest BCUT2D eigenvalue weighted by atomic mass is 9.94. The van der Waals surface area contributed by atoms with Gasteiger partial charge in [0.15, 0.2) is 11.5 Å². The van der Waals surface area contributed by atoms with Crippen molar-refractivity contribution in [2.45, 2.75) is 52.5 Å². The molecule has 206 valence electrons. The molecule has 3 N–H and O–H groups in total. The standard InChI is InChI=1S/C29H38N2O7/c1-16(2)11-18(12-26(34)35)15-30-23-10-8-20-21(14-24(23)33)22(31-17(3)32)9-7-19-13-25(36-4)28(37-5)29(38-6)27(19)20/h8,10,13-14,16,18,22H,7,9,11-12,15H2,1-6H3,(H,30,33)(H,31,32)(H,34,35)/t18-,22-/m0/s1. The Bertz CT molecular complexity index is 1240. The third-order valence-corrected chi connectivity index (χ3v) is 6.77. The van der Waals surface area contributed by atoms with Crippen LogP contribution in [0.15, 0.2) is 29.1 Å². The number of carbonyl (C=O) groups is 2. The molecule has 0 unspecified atom stereocenters. The number of amides is 1. The number of hydrogen-bond acceptors (Lipinski definition) is 7. The summed E-state index contributed by atoms with van der Waals surface area (Å²) in [5.41, 5.74) is 3.25. The first-order valence-electron chi connectivity index (χ1n) is 12.8. The molecule has 9 nitrogen and oxygen atoms in total. The van der Waals surface area contributed by atoms with Crippen LogP contribution in [0.3, 0.4) is 0 Å². The molecule has 1 aliphatic rings. The molecule has 0 aliphatic heterocycles. The van der Waals surface area contributed by atoms with Crippen molar-refractivity contribution in [3.05, 3.63) is 45.6 Å². The van der Waals surface area contributed by atoms with E-state index in [1.807, 2.05) is 26.0 Å². The van der Waals surface area contributed by atoms with E-state index in [-0.39, 0.29) is 23.7 Å². The molecule has 0 heterocycles. The second kappa shape index (κ2) is 12.7. The topological polar surface area (TPSA) is 123 Å². The van der Waals surface area contributed by atoms with Crippen LogP contribution in [0.2, 0.25) is 0 Å². The highest BCUT2D eigenvalue weighted by molar-refractivity contribution is 5.83. The number of carboxylic acids is 1. The van der Waals surface area contributed by atoms with E-state index in [0.717, 1.165) is 23.1 Å². The Labute approximate surface area is 223 Å². The van der Waals surface area contributed by atoms with Gasteiger partial charge in [0, 0.05) is 25.5 Å². The summed E-state index contributed by atoms with van der Waals surface area (Å²) in [6.45, 7) is 5.90. The Kier molecular flexibility index (Phi) is 9.61. The van der Waals surface area contributed by atoms with Crippen LogP contribution in [0, 0.1) is 11.8 Å². The molecule has 0 saturated carbocycles. The number of anilines is 1. The Morgan fingerprint density at radius 1 is 1.08 bits per heavy atom. The summed E-state index contributed by atoms with van der Waals surface area (Å²) in [5.74, 6) is 0.593. The van der Waals surface area contributed by atoms with Crippen LogP contribution in [-0.4, -0.2) is 44.9 Å². The molecule has 9 heteroatoms. The highest BCUT2D eigenvalue weighted by Gasteiger charge is 2.29. The van der Waals surface area contributed by atoms with Crippen molar-refractivity contribution in [2.75, 3.05) is 33.2 Å². The van der Waals surface area contributed by atoms with Gasteiger partial charge in [0.2, 0.25) is 17.1 Å². The van der Waals surface area contributed by atoms with Crippen molar-refractivity contribution in [3.8, 4) is 28.4 Å². The van der Waals surface area contributed by atoms with Gasteiger partial charge in [-0.2, -0.15) is 0 Å². The van der Waals surface area contributed by atoms with Crippen LogP contribution < -0.4 is 30.3 Å². The normalized spacial score (nSPS) is 15.0. The number of carbonyl (C=O) groups excluding carboxylic acids is 1. The lowest BCUT2D eigenvalue weighted by Gasteiger charge is -2.19. The number of carboxylic acid groups (broad SMARTS) is 1. The molecule has 38 heavy (non-hydrogen) atoms. The van der Waals surface area contributed by atoms with E-state index in [4.69, 9.17) is 14.2 Å². The zero-order valence-corrected chi connectivity index (χ0v) is 23.0. The summed E-state index contributed by atoms with van der Waals surface area (Å²) in [7, 11) is 4.66. The van der Waals surface area contributed by atoms with Gasteiger partial charge in [-0.05, 0) is 66.0 Å². The van der Waals surface area contributed by atoms with E-state index in [1.165, 1.54) is 14.0 Å². The molecule has 2 aromatic carbocycles. The van der Waals surface area contributed by atoms with Crippen molar-refractivity contribution >= 4 is 17.6 Å². The number of benzene rings is 1. The molecule has 0 saturated heterocycles. The van der Waals surface area contributed by atoms with Gasteiger partial charge in [0.25, 0.3) is 0 Å². The summed E-state index contributed by atoms with van der Waals surface area (Å²) < 4.78 is 17.0. The number of ether oxygens (including phenoxy) is 3. The van der Waals surface area contributed by atoms with E-state index < -0.39 is 12.0 Å². The number of aryl methyl sites for hydroxylation is 1. The molecule has 2 atom stereocenters. The van der Waals surface area contributed by atoms with E-state index in [1.54, 1.807) is 26.4 Å². The third kappa shape index (κ3) is 6.57. The maximum absolute atomic E-state index is 13.4. The highest BCUT2D eigenvalue weighted by atomic mass is 16.5. The number of fused-ring (bicyclic) bond motifs is 3. The van der Waals surface area contributed by atoms with Crippen LogP contribution >= 0.6 is 0 Å². The zero-order chi connectivity index (χ0) is 28.0. The minimum absolute atomic E-state index is 0.0195. The summed E-state index contributed by atoms with van der Waals surface area (Å²) in [6.07, 6.45) is 1.92. The smallest absolute Gasteiger partial charge is 0.303 e. The maximum atomic E-state index is 13.4. The van der Waals surface area contributed by atoms with Crippen LogP contribution in [-0.2, 0) is 16.0 Å². The number of aliphatic carboxylic acids is 1. The molecule has 0 fully saturated rings. The van der Waals surface area contributed by atoms with Crippen molar-refractivity contribution in [1.82, 2.24) is 5.32 Å². The fourth-order valence-electron chi connectivity index (χ4n) is 5.26. The molecule has 0 spiro atoms. The van der Waals surface area contributed by atoms with Crippen LogP contribution in [0.4, 0.5) is 5.69 Å². The van der Waals surface area contributed by atoms with E-state index in [0.29, 0.717) is 53.8 Å². The Balaban J connectivity index is 2.18. The number of hydrogen-bond donors (Lipinski definition) is 3. The molecule has 2 aromatic rings. The first-order valence-corrected chi connectivity index (χ1v) is 12.8. The Hall–Kier alpha value is -3.75. The fourth-order valence-corrected chi connectivity index (χ4v) is 5.26. The summed E-state index contributed by atoms with van der Waals surface area (Å²) in [6, 6.07) is 6.62. The third-order valence-electron chi connectivity index (χ3n) is 6.77. The van der Waals surface area contributed by atoms with Gasteiger partial charge >= 0.3 is 5.97 Å². The van der Waals surface area contributed by atoms with Gasteiger partial charge in [-0.25, -0.2) is 0 Å². The van der Waals surface area contributed by atoms with Crippen LogP contribution in [0.25, 0.3) is 11.1 Å². The molecular formula is C29H38N2O7. The monoisotopic (exact) mass is 526 g/mol. The summed E-state index contributed by atoms with van der Waals surface area (Å²) in [5, 5.41) is 15.5. The van der Waals surface area contributed by atoms with Gasteiger partial charge in [0.1, 0.15) is 0 Å². The maximum Gasteiger partial charge on any atom is 0.303 e. The van der Waals surface area contributed by atoms with Crippen molar-refractivity contribution in [2.24, 2.45) is 11.8 Å². The first-order chi connectivity index (χ1) is 18.1. The van der Waals surface area contributed by atoms with Crippen LogP contribution in [0.1, 0.15) is 57.2 Å².